The fraction of sp³-hybridized carbons (Fsp3) is 0.450. The van der Waals surface area contributed by atoms with Gasteiger partial charge in [0.2, 0.25) is 0 Å². The molecule has 1 saturated heterocycles. The number of hydrogen-bond acceptors (Lipinski definition) is 5. The zero-order chi connectivity index (χ0) is 17.8. The lowest BCUT2D eigenvalue weighted by molar-refractivity contribution is -0.139. The lowest BCUT2D eigenvalue weighted by Gasteiger charge is -2.19. The first-order chi connectivity index (χ1) is 12.0. The highest BCUT2D eigenvalue weighted by atomic mass is 16.5. The number of anilines is 1. The minimum Gasteiger partial charge on any atom is -0.469 e. The Kier molecular flexibility index (Phi) is 5.31. The largest absolute Gasteiger partial charge is 0.469 e. The van der Waals surface area contributed by atoms with Crippen molar-refractivity contribution in [2.75, 3.05) is 25.1 Å². The van der Waals surface area contributed by atoms with Gasteiger partial charge in [-0.3, -0.25) is 9.78 Å². The molecule has 3 rings (SSSR count). The van der Waals surface area contributed by atoms with Crippen molar-refractivity contribution in [1.82, 2.24) is 9.97 Å². The predicted octanol–water partition coefficient (Wildman–Crippen LogP) is 2.88. The SMILES string of the molecule is COC(=O)Cc1ccc(CC2CCN(c3nc(C)cnc3C)C2)cc1. The standard InChI is InChI=1S/C20H25N3O2/c1-14-12-21-15(2)20(22-14)23-9-8-18(13-23)10-16-4-6-17(7-5-16)11-19(24)25-3/h4-7,12,18H,8-11,13H2,1-3H3. The second-order valence-electron chi connectivity index (χ2n) is 6.79. The summed E-state index contributed by atoms with van der Waals surface area (Å²) in [6.45, 7) is 6.06. The lowest BCUT2D eigenvalue weighted by Crippen LogP contribution is -2.23. The molecule has 1 aliphatic rings. The number of aryl methyl sites for hydroxylation is 2. The summed E-state index contributed by atoms with van der Waals surface area (Å²) in [5, 5.41) is 0. The molecule has 5 heteroatoms. The van der Waals surface area contributed by atoms with Gasteiger partial charge in [-0.25, -0.2) is 4.98 Å². The minimum atomic E-state index is -0.200. The molecule has 0 saturated carbocycles. The molecule has 1 aromatic heterocycles. The predicted molar refractivity (Wildman–Crippen MR) is 97.7 cm³/mol. The van der Waals surface area contributed by atoms with Crippen LogP contribution in [0.4, 0.5) is 5.82 Å². The van der Waals surface area contributed by atoms with Crippen molar-refractivity contribution in [2.24, 2.45) is 5.92 Å². The highest BCUT2D eigenvalue weighted by Gasteiger charge is 2.25. The first-order valence-electron chi connectivity index (χ1n) is 8.75. The summed E-state index contributed by atoms with van der Waals surface area (Å²) in [7, 11) is 1.42. The molecule has 132 valence electrons. The summed E-state index contributed by atoms with van der Waals surface area (Å²) in [5.41, 5.74) is 4.27. The summed E-state index contributed by atoms with van der Waals surface area (Å²) in [6.07, 6.45) is 4.37. The van der Waals surface area contributed by atoms with Crippen LogP contribution in [0.15, 0.2) is 30.5 Å². The van der Waals surface area contributed by atoms with E-state index in [1.165, 1.54) is 19.1 Å². The van der Waals surface area contributed by atoms with Gasteiger partial charge in [0.1, 0.15) is 5.82 Å². The molecule has 1 fully saturated rings. The van der Waals surface area contributed by atoms with Crippen molar-refractivity contribution in [3.8, 4) is 0 Å². The third-order valence-corrected chi connectivity index (χ3v) is 4.76. The normalized spacial score (nSPS) is 16.9. The Morgan fingerprint density at radius 3 is 2.68 bits per heavy atom. The van der Waals surface area contributed by atoms with E-state index in [1.807, 2.05) is 32.2 Å². The van der Waals surface area contributed by atoms with E-state index in [0.29, 0.717) is 12.3 Å². The molecule has 0 aliphatic carbocycles. The fourth-order valence-electron chi connectivity index (χ4n) is 3.38. The summed E-state index contributed by atoms with van der Waals surface area (Å²) >= 11 is 0. The maximum Gasteiger partial charge on any atom is 0.309 e. The van der Waals surface area contributed by atoms with Crippen LogP contribution >= 0.6 is 0 Å². The summed E-state index contributed by atoms with van der Waals surface area (Å²) in [6, 6.07) is 8.29. The number of hydrogen-bond donors (Lipinski definition) is 0. The van der Waals surface area contributed by atoms with E-state index in [2.05, 4.69) is 27.0 Å². The van der Waals surface area contributed by atoms with E-state index in [-0.39, 0.29) is 5.97 Å². The van der Waals surface area contributed by atoms with Gasteiger partial charge >= 0.3 is 5.97 Å². The highest BCUT2D eigenvalue weighted by Crippen LogP contribution is 2.26. The van der Waals surface area contributed by atoms with Gasteiger partial charge in [-0.1, -0.05) is 24.3 Å². The molecule has 25 heavy (non-hydrogen) atoms. The molecule has 5 nitrogen and oxygen atoms in total. The van der Waals surface area contributed by atoms with Gasteiger partial charge in [0.15, 0.2) is 0 Å². The number of ether oxygens (including phenoxy) is 1. The second kappa shape index (κ2) is 7.64. The van der Waals surface area contributed by atoms with Crippen LogP contribution < -0.4 is 4.90 Å². The van der Waals surface area contributed by atoms with Crippen molar-refractivity contribution < 1.29 is 9.53 Å². The number of carbonyl (C=O) groups excluding carboxylic acids is 1. The Hall–Kier alpha value is -2.43. The van der Waals surface area contributed by atoms with Crippen LogP contribution in [-0.4, -0.2) is 36.1 Å². The topological polar surface area (TPSA) is 55.3 Å². The third kappa shape index (κ3) is 4.35. The Bertz CT molecular complexity index is 743. The molecule has 0 bridgehead atoms. The van der Waals surface area contributed by atoms with Crippen LogP contribution in [0.1, 0.15) is 28.9 Å². The Labute approximate surface area is 149 Å². The van der Waals surface area contributed by atoms with Crippen LogP contribution in [0.5, 0.6) is 0 Å². The number of nitrogens with zero attached hydrogens (tertiary/aromatic N) is 3. The van der Waals surface area contributed by atoms with Crippen LogP contribution in [-0.2, 0) is 22.4 Å². The molecular weight excluding hydrogens is 314 g/mol. The van der Waals surface area contributed by atoms with Crippen molar-refractivity contribution in [2.45, 2.75) is 33.1 Å². The molecule has 0 spiro atoms. The van der Waals surface area contributed by atoms with E-state index in [0.717, 1.165) is 42.3 Å². The molecule has 1 aromatic carbocycles. The molecule has 0 amide bonds. The van der Waals surface area contributed by atoms with E-state index >= 15 is 0 Å². The first kappa shape index (κ1) is 17.4. The maximum atomic E-state index is 11.3. The van der Waals surface area contributed by atoms with Gasteiger partial charge in [0, 0.05) is 19.3 Å². The zero-order valence-corrected chi connectivity index (χ0v) is 15.2. The Morgan fingerprint density at radius 1 is 1.24 bits per heavy atom. The number of benzene rings is 1. The second-order valence-corrected chi connectivity index (χ2v) is 6.79. The first-order valence-corrected chi connectivity index (χ1v) is 8.75. The van der Waals surface area contributed by atoms with Gasteiger partial charge in [-0.05, 0) is 43.7 Å². The molecule has 2 heterocycles. The quantitative estimate of drug-likeness (QED) is 0.784. The lowest BCUT2D eigenvalue weighted by atomic mass is 9.97. The number of esters is 1. The smallest absolute Gasteiger partial charge is 0.309 e. The van der Waals surface area contributed by atoms with Crippen molar-refractivity contribution in [3.05, 3.63) is 53.0 Å². The van der Waals surface area contributed by atoms with E-state index < -0.39 is 0 Å². The molecule has 1 unspecified atom stereocenters. The van der Waals surface area contributed by atoms with Crippen molar-refractivity contribution >= 4 is 11.8 Å². The average Bonchev–Trinajstić information content (AvgIpc) is 3.07. The number of carbonyl (C=O) groups is 1. The zero-order valence-electron chi connectivity index (χ0n) is 15.2. The molecule has 1 aliphatic heterocycles. The molecule has 0 N–H and O–H groups in total. The maximum absolute atomic E-state index is 11.3. The van der Waals surface area contributed by atoms with Gasteiger partial charge in [-0.2, -0.15) is 0 Å². The van der Waals surface area contributed by atoms with E-state index in [4.69, 9.17) is 4.74 Å². The summed E-state index contributed by atoms with van der Waals surface area (Å²) in [5.74, 6) is 1.44. The summed E-state index contributed by atoms with van der Waals surface area (Å²) < 4.78 is 4.71. The number of methoxy groups -OCH3 is 1. The monoisotopic (exact) mass is 339 g/mol. The molecule has 1 atom stereocenters. The minimum absolute atomic E-state index is 0.200. The van der Waals surface area contributed by atoms with Crippen molar-refractivity contribution in [3.63, 3.8) is 0 Å². The number of aromatic nitrogens is 2. The van der Waals surface area contributed by atoms with Gasteiger partial charge in [0.05, 0.1) is 24.9 Å². The van der Waals surface area contributed by atoms with E-state index in [1.54, 1.807) is 0 Å². The van der Waals surface area contributed by atoms with Crippen LogP contribution in [0.25, 0.3) is 0 Å². The van der Waals surface area contributed by atoms with Gasteiger partial charge in [0.25, 0.3) is 0 Å². The summed E-state index contributed by atoms with van der Waals surface area (Å²) in [4.78, 5) is 22.8. The Balaban J connectivity index is 1.59. The third-order valence-electron chi connectivity index (χ3n) is 4.76. The fourth-order valence-corrected chi connectivity index (χ4v) is 3.38. The molecule has 0 radical (unpaired) electrons. The molecule has 2 aromatic rings. The van der Waals surface area contributed by atoms with Crippen LogP contribution in [0.3, 0.4) is 0 Å². The van der Waals surface area contributed by atoms with Crippen LogP contribution in [0.2, 0.25) is 0 Å². The van der Waals surface area contributed by atoms with Crippen LogP contribution in [0, 0.1) is 19.8 Å². The molecular formula is C20H25N3O2. The van der Waals surface area contributed by atoms with Gasteiger partial charge < -0.3 is 9.64 Å². The Morgan fingerprint density at radius 2 is 1.96 bits per heavy atom. The number of rotatable bonds is 5. The van der Waals surface area contributed by atoms with Crippen molar-refractivity contribution in [1.29, 1.82) is 0 Å². The van der Waals surface area contributed by atoms with E-state index in [9.17, 15) is 4.79 Å². The van der Waals surface area contributed by atoms with Gasteiger partial charge in [-0.15, -0.1) is 0 Å². The average molecular weight is 339 g/mol. The highest BCUT2D eigenvalue weighted by molar-refractivity contribution is 5.72.